The van der Waals surface area contributed by atoms with Crippen LogP contribution in [0, 0.1) is 0 Å². The highest BCUT2D eigenvalue weighted by atomic mass is 16.3. The molecule has 4 heteroatoms. The van der Waals surface area contributed by atoms with Crippen LogP contribution in [0.4, 0.5) is 0 Å². The van der Waals surface area contributed by atoms with Gasteiger partial charge in [-0.15, -0.1) is 0 Å². The molecule has 0 bridgehead atoms. The molecule has 21 heavy (non-hydrogen) atoms. The van der Waals surface area contributed by atoms with Crippen molar-refractivity contribution in [2.45, 2.75) is 12.0 Å². The van der Waals surface area contributed by atoms with Gasteiger partial charge in [-0.2, -0.15) is 0 Å². The van der Waals surface area contributed by atoms with Crippen LogP contribution >= 0.6 is 0 Å². The van der Waals surface area contributed by atoms with Crippen LogP contribution in [0.1, 0.15) is 15.9 Å². The van der Waals surface area contributed by atoms with Gasteiger partial charge in [-0.1, -0.05) is 48.5 Å². The molecule has 1 amide bonds. The zero-order valence-electron chi connectivity index (χ0n) is 11.7. The summed E-state index contributed by atoms with van der Waals surface area (Å²) >= 11 is 0. The third-order valence-corrected chi connectivity index (χ3v) is 3.41. The van der Waals surface area contributed by atoms with Crippen LogP contribution in [0.25, 0.3) is 0 Å². The van der Waals surface area contributed by atoms with Gasteiger partial charge in [-0.05, 0) is 17.7 Å². The lowest BCUT2D eigenvalue weighted by Gasteiger charge is -2.31. The lowest BCUT2D eigenvalue weighted by Crippen LogP contribution is -2.55. The summed E-state index contributed by atoms with van der Waals surface area (Å²) in [6.45, 7) is -0.673. The third-order valence-electron chi connectivity index (χ3n) is 3.41. The number of aliphatic hydroxyl groups excluding tert-OH is 2. The smallest absolute Gasteiger partial charge is 0.251 e. The number of hydrogen-bond donors (Lipinski definition) is 3. The Balaban J connectivity index is 2.16. The lowest BCUT2D eigenvalue weighted by molar-refractivity contribution is 0.0667. The summed E-state index contributed by atoms with van der Waals surface area (Å²) in [6.07, 6.45) is 0.361. The molecule has 110 valence electrons. The van der Waals surface area contributed by atoms with Crippen molar-refractivity contribution in [2.75, 3.05) is 13.2 Å². The van der Waals surface area contributed by atoms with E-state index in [2.05, 4.69) is 5.32 Å². The van der Waals surface area contributed by atoms with E-state index >= 15 is 0 Å². The predicted molar refractivity (Wildman–Crippen MR) is 81.0 cm³/mol. The maximum absolute atomic E-state index is 12.2. The summed E-state index contributed by atoms with van der Waals surface area (Å²) in [5.74, 6) is -0.311. The molecule has 0 aliphatic rings. The summed E-state index contributed by atoms with van der Waals surface area (Å²) in [4.78, 5) is 12.2. The Morgan fingerprint density at radius 1 is 0.905 bits per heavy atom. The standard InChI is InChI=1S/C17H19NO3/c19-12-17(13-20,11-14-7-3-1-4-8-14)18-16(21)15-9-5-2-6-10-15/h1-10,19-20H,11-13H2,(H,18,21). The van der Waals surface area contributed by atoms with Crippen LogP contribution in [0.3, 0.4) is 0 Å². The maximum Gasteiger partial charge on any atom is 0.251 e. The van der Waals surface area contributed by atoms with Gasteiger partial charge in [-0.3, -0.25) is 4.79 Å². The van der Waals surface area contributed by atoms with Crippen LogP contribution in [0.2, 0.25) is 0 Å². The molecule has 0 saturated heterocycles. The van der Waals surface area contributed by atoms with Crippen LogP contribution in [0.5, 0.6) is 0 Å². The molecule has 2 rings (SSSR count). The predicted octanol–water partition coefficient (Wildman–Crippen LogP) is 1.38. The van der Waals surface area contributed by atoms with Crippen molar-refractivity contribution in [1.82, 2.24) is 5.32 Å². The number of hydrogen-bond acceptors (Lipinski definition) is 3. The number of carbonyl (C=O) groups excluding carboxylic acids is 1. The summed E-state index contributed by atoms with van der Waals surface area (Å²) in [7, 11) is 0. The maximum atomic E-state index is 12.2. The fourth-order valence-electron chi connectivity index (χ4n) is 2.17. The minimum atomic E-state index is -1.08. The van der Waals surface area contributed by atoms with E-state index in [1.165, 1.54) is 0 Å². The Kier molecular flexibility index (Phi) is 5.09. The van der Waals surface area contributed by atoms with E-state index in [0.717, 1.165) is 5.56 Å². The number of carbonyl (C=O) groups is 1. The molecular formula is C17H19NO3. The van der Waals surface area contributed by atoms with Crippen molar-refractivity contribution < 1.29 is 15.0 Å². The molecule has 0 unspecified atom stereocenters. The van der Waals surface area contributed by atoms with Gasteiger partial charge in [-0.25, -0.2) is 0 Å². The van der Waals surface area contributed by atoms with Crippen LogP contribution in [0.15, 0.2) is 60.7 Å². The van der Waals surface area contributed by atoms with Gasteiger partial charge in [0.25, 0.3) is 5.91 Å². The molecule has 0 aliphatic heterocycles. The van der Waals surface area contributed by atoms with E-state index in [1.807, 2.05) is 36.4 Å². The van der Waals surface area contributed by atoms with Crippen molar-refractivity contribution in [3.63, 3.8) is 0 Å². The average Bonchev–Trinajstić information content (AvgIpc) is 2.56. The normalized spacial score (nSPS) is 11.1. The van der Waals surface area contributed by atoms with E-state index < -0.39 is 5.54 Å². The monoisotopic (exact) mass is 285 g/mol. The lowest BCUT2D eigenvalue weighted by atomic mass is 9.92. The second-order valence-corrected chi connectivity index (χ2v) is 5.08. The quantitative estimate of drug-likeness (QED) is 0.751. The first-order valence-electron chi connectivity index (χ1n) is 6.82. The molecule has 0 aromatic heterocycles. The van der Waals surface area contributed by atoms with E-state index in [0.29, 0.717) is 12.0 Å². The number of rotatable bonds is 6. The number of benzene rings is 2. The van der Waals surface area contributed by atoms with Crippen LogP contribution in [-0.2, 0) is 6.42 Å². The molecule has 0 aliphatic carbocycles. The molecule has 0 saturated carbocycles. The van der Waals surface area contributed by atoms with Crippen LogP contribution < -0.4 is 5.32 Å². The molecule has 0 heterocycles. The van der Waals surface area contributed by atoms with E-state index in [-0.39, 0.29) is 19.1 Å². The molecule has 2 aromatic rings. The topological polar surface area (TPSA) is 69.6 Å². The van der Waals surface area contributed by atoms with Gasteiger partial charge in [0.15, 0.2) is 0 Å². The Bertz CT molecular complexity index is 565. The molecule has 0 atom stereocenters. The SMILES string of the molecule is O=C(NC(CO)(CO)Cc1ccccc1)c1ccccc1. The van der Waals surface area contributed by atoms with Gasteiger partial charge in [0, 0.05) is 12.0 Å². The van der Waals surface area contributed by atoms with Crippen molar-refractivity contribution in [3.8, 4) is 0 Å². The Morgan fingerprint density at radius 2 is 1.43 bits per heavy atom. The molecule has 0 spiro atoms. The first kappa shape index (κ1) is 15.2. The highest BCUT2D eigenvalue weighted by Gasteiger charge is 2.31. The van der Waals surface area contributed by atoms with Gasteiger partial charge in [0.2, 0.25) is 0 Å². The molecule has 0 fully saturated rings. The highest BCUT2D eigenvalue weighted by Crippen LogP contribution is 2.14. The molecule has 0 radical (unpaired) electrons. The minimum absolute atomic E-state index is 0.311. The van der Waals surface area contributed by atoms with Gasteiger partial charge in [0.1, 0.15) is 0 Å². The Morgan fingerprint density at radius 3 is 1.95 bits per heavy atom. The van der Waals surface area contributed by atoms with E-state index in [9.17, 15) is 15.0 Å². The van der Waals surface area contributed by atoms with Crippen molar-refractivity contribution >= 4 is 5.91 Å². The summed E-state index contributed by atoms with van der Waals surface area (Å²) in [5.41, 5.74) is 0.361. The molecular weight excluding hydrogens is 266 g/mol. The summed E-state index contributed by atoms with van der Waals surface area (Å²) in [5, 5.41) is 22.1. The number of amides is 1. The first-order valence-corrected chi connectivity index (χ1v) is 6.82. The summed E-state index contributed by atoms with van der Waals surface area (Å²) in [6, 6.07) is 18.2. The Hall–Kier alpha value is -2.17. The highest BCUT2D eigenvalue weighted by molar-refractivity contribution is 5.94. The van der Waals surface area contributed by atoms with Gasteiger partial charge in [0.05, 0.1) is 18.8 Å². The third kappa shape index (κ3) is 3.90. The molecule has 4 nitrogen and oxygen atoms in total. The second-order valence-electron chi connectivity index (χ2n) is 5.08. The van der Waals surface area contributed by atoms with Crippen molar-refractivity contribution in [2.24, 2.45) is 0 Å². The van der Waals surface area contributed by atoms with Crippen LogP contribution in [-0.4, -0.2) is 34.9 Å². The second kappa shape index (κ2) is 7.02. The van der Waals surface area contributed by atoms with Crippen molar-refractivity contribution in [3.05, 3.63) is 71.8 Å². The Labute approximate surface area is 124 Å². The fraction of sp³-hybridized carbons (Fsp3) is 0.235. The zero-order chi connectivity index (χ0) is 15.1. The van der Waals surface area contributed by atoms with Gasteiger partial charge >= 0.3 is 0 Å². The fourth-order valence-corrected chi connectivity index (χ4v) is 2.17. The summed E-state index contributed by atoms with van der Waals surface area (Å²) < 4.78 is 0. The van der Waals surface area contributed by atoms with Gasteiger partial charge < -0.3 is 15.5 Å². The van der Waals surface area contributed by atoms with Crippen molar-refractivity contribution in [1.29, 1.82) is 0 Å². The minimum Gasteiger partial charge on any atom is -0.394 e. The zero-order valence-corrected chi connectivity index (χ0v) is 11.7. The van der Waals surface area contributed by atoms with E-state index in [1.54, 1.807) is 24.3 Å². The van der Waals surface area contributed by atoms with E-state index in [4.69, 9.17) is 0 Å². The average molecular weight is 285 g/mol. The molecule has 3 N–H and O–H groups in total. The number of nitrogens with one attached hydrogen (secondary N) is 1. The largest absolute Gasteiger partial charge is 0.394 e. The number of aliphatic hydroxyl groups is 2. The first-order chi connectivity index (χ1) is 10.2. The molecule has 2 aromatic carbocycles.